The first kappa shape index (κ1) is 12.6. The van der Waals surface area contributed by atoms with Gasteiger partial charge in [0.15, 0.2) is 0 Å². The normalized spacial score (nSPS) is 21.9. The minimum Gasteiger partial charge on any atom is -0.338 e. The van der Waals surface area contributed by atoms with Crippen LogP contribution in [-0.2, 0) is 13.5 Å². The molecule has 1 saturated heterocycles. The highest BCUT2D eigenvalue weighted by Gasteiger charge is 2.19. The third-order valence-corrected chi connectivity index (χ3v) is 3.75. The molecule has 0 radical (unpaired) electrons. The van der Waals surface area contributed by atoms with Gasteiger partial charge in [-0.1, -0.05) is 0 Å². The van der Waals surface area contributed by atoms with Gasteiger partial charge in [-0.25, -0.2) is 4.98 Å². The van der Waals surface area contributed by atoms with Crippen LogP contribution in [0, 0.1) is 5.92 Å². The summed E-state index contributed by atoms with van der Waals surface area (Å²) < 4.78 is 2.11. The summed E-state index contributed by atoms with van der Waals surface area (Å²) in [5, 5.41) is 0. The van der Waals surface area contributed by atoms with E-state index < -0.39 is 0 Å². The highest BCUT2D eigenvalue weighted by molar-refractivity contribution is 4.92. The molecular formula is C13H24N4. The van der Waals surface area contributed by atoms with Crippen LogP contribution in [0.1, 0.15) is 25.1 Å². The topological polar surface area (TPSA) is 47.1 Å². The number of aromatic nitrogens is 2. The third kappa shape index (κ3) is 3.54. The monoisotopic (exact) mass is 236 g/mol. The number of piperidine rings is 1. The van der Waals surface area contributed by atoms with E-state index in [1.807, 2.05) is 12.4 Å². The summed E-state index contributed by atoms with van der Waals surface area (Å²) in [6, 6.07) is 0. The molecule has 2 N–H and O–H groups in total. The molecule has 1 unspecified atom stereocenters. The fourth-order valence-electron chi connectivity index (χ4n) is 2.72. The van der Waals surface area contributed by atoms with Gasteiger partial charge in [0.25, 0.3) is 0 Å². The van der Waals surface area contributed by atoms with Crippen molar-refractivity contribution in [2.75, 3.05) is 26.2 Å². The van der Waals surface area contributed by atoms with Crippen LogP contribution in [-0.4, -0.2) is 40.6 Å². The molecule has 2 heterocycles. The highest BCUT2D eigenvalue weighted by Crippen LogP contribution is 2.18. The third-order valence-electron chi connectivity index (χ3n) is 3.75. The molecule has 96 valence electrons. The van der Waals surface area contributed by atoms with Crippen LogP contribution in [0.2, 0.25) is 0 Å². The molecular weight excluding hydrogens is 212 g/mol. The average molecular weight is 236 g/mol. The summed E-state index contributed by atoms with van der Waals surface area (Å²) >= 11 is 0. The van der Waals surface area contributed by atoms with Crippen molar-refractivity contribution in [1.29, 1.82) is 0 Å². The van der Waals surface area contributed by atoms with Crippen molar-refractivity contribution in [2.45, 2.75) is 25.7 Å². The Bertz CT molecular complexity index is 332. The van der Waals surface area contributed by atoms with Gasteiger partial charge in [-0.2, -0.15) is 0 Å². The maximum atomic E-state index is 5.64. The first-order chi connectivity index (χ1) is 8.29. The van der Waals surface area contributed by atoms with Crippen LogP contribution in [0.15, 0.2) is 12.4 Å². The number of rotatable bonds is 5. The molecule has 1 aromatic heterocycles. The smallest absolute Gasteiger partial charge is 0.109 e. The van der Waals surface area contributed by atoms with E-state index >= 15 is 0 Å². The molecule has 2 rings (SSSR count). The van der Waals surface area contributed by atoms with E-state index in [0.29, 0.717) is 0 Å². The Morgan fingerprint density at radius 1 is 1.53 bits per heavy atom. The maximum absolute atomic E-state index is 5.64. The number of aryl methyl sites for hydroxylation is 1. The van der Waals surface area contributed by atoms with E-state index in [1.165, 1.54) is 38.2 Å². The van der Waals surface area contributed by atoms with Gasteiger partial charge >= 0.3 is 0 Å². The standard InChI is InChI=1S/C13H24N4/c1-16-10-7-15-13(16)5-9-17-8-2-3-12(11-17)4-6-14/h7,10,12H,2-6,8-9,11,14H2,1H3. The van der Waals surface area contributed by atoms with Crippen molar-refractivity contribution in [3.05, 3.63) is 18.2 Å². The van der Waals surface area contributed by atoms with Crippen molar-refractivity contribution < 1.29 is 0 Å². The summed E-state index contributed by atoms with van der Waals surface area (Å²) in [6.45, 7) is 4.43. The Kier molecular flexibility index (Phi) is 4.57. The lowest BCUT2D eigenvalue weighted by atomic mass is 9.95. The van der Waals surface area contributed by atoms with Crippen LogP contribution in [0.25, 0.3) is 0 Å². The Labute approximate surface area is 104 Å². The molecule has 1 atom stereocenters. The summed E-state index contributed by atoms with van der Waals surface area (Å²) in [5.41, 5.74) is 5.64. The average Bonchev–Trinajstić information content (AvgIpc) is 2.73. The van der Waals surface area contributed by atoms with Crippen LogP contribution in [0.5, 0.6) is 0 Å². The predicted octanol–water partition coefficient (Wildman–Crippen LogP) is 1.02. The summed E-state index contributed by atoms with van der Waals surface area (Å²) in [6.07, 6.45) is 8.81. The lowest BCUT2D eigenvalue weighted by molar-refractivity contribution is 0.171. The molecule has 0 aliphatic carbocycles. The SMILES string of the molecule is Cn1ccnc1CCN1CCCC(CCN)C1. The fourth-order valence-corrected chi connectivity index (χ4v) is 2.72. The van der Waals surface area contributed by atoms with Crippen molar-refractivity contribution in [1.82, 2.24) is 14.5 Å². The van der Waals surface area contributed by atoms with Gasteiger partial charge in [-0.05, 0) is 38.3 Å². The van der Waals surface area contributed by atoms with Crippen LogP contribution in [0.3, 0.4) is 0 Å². The Morgan fingerprint density at radius 2 is 2.41 bits per heavy atom. The second-order valence-corrected chi connectivity index (χ2v) is 5.09. The number of likely N-dealkylation sites (tertiary alicyclic amines) is 1. The van der Waals surface area contributed by atoms with Gasteiger partial charge in [0.2, 0.25) is 0 Å². The predicted molar refractivity (Wildman–Crippen MR) is 69.7 cm³/mol. The molecule has 0 bridgehead atoms. The first-order valence-corrected chi connectivity index (χ1v) is 6.68. The molecule has 4 heteroatoms. The number of hydrogen-bond acceptors (Lipinski definition) is 3. The number of imidazole rings is 1. The van der Waals surface area contributed by atoms with Gasteiger partial charge in [0.05, 0.1) is 0 Å². The van der Waals surface area contributed by atoms with Crippen molar-refractivity contribution in [3.63, 3.8) is 0 Å². The van der Waals surface area contributed by atoms with Gasteiger partial charge in [-0.3, -0.25) is 0 Å². The molecule has 17 heavy (non-hydrogen) atoms. The second-order valence-electron chi connectivity index (χ2n) is 5.09. The van der Waals surface area contributed by atoms with E-state index in [0.717, 1.165) is 25.4 Å². The van der Waals surface area contributed by atoms with Crippen LogP contribution in [0.4, 0.5) is 0 Å². The quantitative estimate of drug-likeness (QED) is 0.830. The molecule has 1 aliphatic heterocycles. The molecule has 0 saturated carbocycles. The van der Waals surface area contributed by atoms with Gasteiger partial charge in [0.1, 0.15) is 5.82 Å². The summed E-state index contributed by atoms with van der Waals surface area (Å²) in [5.74, 6) is 2.00. The van der Waals surface area contributed by atoms with E-state index in [9.17, 15) is 0 Å². The second kappa shape index (κ2) is 6.17. The molecule has 4 nitrogen and oxygen atoms in total. The minimum absolute atomic E-state index is 0.815. The zero-order valence-electron chi connectivity index (χ0n) is 10.8. The largest absolute Gasteiger partial charge is 0.338 e. The van der Waals surface area contributed by atoms with Crippen molar-refractivity contribution in [2.24, 2.45) is 18.7 Å². The van der Waals surface area contributed by atoms with E-state index in [-0.39, 0.29) is 0 Å². The maximum Gasteiger partial charge on any atom is 0.109 e. The first-order valence-electron chi connectivity index (χ1n) is 6.68. The summed E-state index contributed by atoms with van der Waals surface area (Å²) in [7, 11) is 2.07. The van der Waals surface area contributed by atoms with Gasteiger partial charge in [0, 0.05) is 39.0 Å². The highest BCUT2D eigenvalue weighted by atomic mass is 15.1. The van der Waals surface area contributed by atoms with Gasteiger partial charge < -0.3 is 15.2 Å². The molecule has 1 aliphatic rings. The van der Waals surface area contributed by atoms with Crippen molar-refractivity contribution in [3.8, 4) is 0 Å². The number of nitrogens with zero attached hydrogens (tertiary/aromatic N) is 3. The lowest BCUT2D eigenvalue weighted by Crippen LogP contribution is -2.37. The van der Waals surface area contributed by atoms with Gasteiger partial charge in [-0.15, -0.1) is 0 Å². The Morgan fingerprint density at radius 3 is 3.12 bits per heavy atom. The fraction of sp³-hybridized carbons (Fsp3) is 0.769. The van der Waals surface area contributed by atoms with E-state index in [4.69, 9.17) is 5.73 Å². The van der Waals surface area contributed by atoms with Crippen LogP contribution >= 0.6 is 0 Å². The number of hydrogen-bond donors (Lipinski definition) is 1. The molecule has 0 aromatic carbocycles. The van der Waals surface area contributed by atoms with E-state index in [2.05, 4.69) is 21.5 Å². The molecule has 1 aromatic rings. The zero-order chi connectivity index (χ0) is 12.1. The molecule has 1 fully saturated rings. The Hall–Kier alpha value is -0.870. The minimum atomic E-state index is 0.815. The van der Waals surface area contributed by atoms with Crippen molar-refractivity contribution >= 4 is 0 Å². The zero-order valence-corrected chi connectivity index (χ0v) is 10.8. The molecule has 0 spiro atoms. The molecule has 0 amide bonds. The van der Waals surface area contributed by atoms with E-state index in [1.54, 1.807) is 0 Å². The van der Waals surface area contributed by atoms with Crippen LogP contribution < -0.4 is 5.73 Å². The summed E-state index contributed by atoms with van der Waals surface area (Å²) in [4.78, 5) is 6.94. The number of nitrogens with two attached hydrogens (primary N) is 1. The lowest BCUT2D eigenvalue weighted by Gasteiger charge is -2.32. The Balaban J connectivity index is 1.77.